The minimum Gasteiger partial charge on any atom is -0.480 e. The summed E-state index contributed by atoms with van der Waals surface area (Å²) in [5.41, 5.74) is -0.458. The number of nitrogens with zero attached hydrogens (tertiary/aromatic N) is 2. The van der Waals surface area contributed by atoms with Gasteiger partial charge in [0.15, 0.2) is 5.54 Å². The largest absolute Gasteiger partial charge is 0.480 e. The Morgan fingerprint density at radius 2 is 2.15 bits per heavy atom. The number of rotatable bonds is 5. The Balaban J connectivity index is 1.87. The summed E-state index contributed by atoms with van der Waals surface area (Å²) in [6, 6.07) is 6.65. The molecule has 0 fully saturated rings. The smallest absolute Gasteiger partial charge is 0.330 e. The Morgan fingerprint density at radius 3 is 2.85 bits per heavy atom. The van der Waals surface area contributed by atoms with Gasteiger partial charge in [-0.25, -0.2) is 15.1 Å². The van der Waals surface area contributed by atoms with Crippen molar-refractivity contribution < 1.29 is 14.6 Å². The van der Waals surface area contributed by atoms with Crippen LogP contribution >= 0.6 is 39.1 Å². The highest BCUT2D eigenvalue weighted by molar-refractivity contribution is 9.10. The Bertz CT molecular complexity index is 893. The summed E-state index contributed by atoms with van der Waals surface area (Å²) >= 11 is 15.5. The molecule has 2 heterocycles. The first-order valence-corrected chi connectivity index (χ1v) is 9.12. The van der Waals surface area contributed by atoms with Crippen molar-refractivity contribution in [1.82, 2.24) is 10.3 Å². The van der Waals surface area contributed by atoms with Crippen molar-refractivity contribution in [3.05, 3.63) is 56.7 Å². The predicted molar refractivity (Wildman–Crippen MR) is 103 cm³/mol. The molecule has 2 aromatic rings. The van der Waals surface area contributed by atoms with E-state index in [9.17, 15) is 9.90 Å². The van der Waals surface area contributed by atoms with E-state index in [4.69, 9.17) is 27.9 Å². The van der Waals surface area contributed by atoms with Crippen molar-refractivity contribution in [3.63, 3.8) is 0 Å². The number of carboxylic acid groups (broad SMARTS) is 1. The maximum absolute atomic E-state index is 12.1. The number of pyridine rings is 1. The van der Waals surface area contributed by atoms with Gasteiger partial charge in [0.05, 0.1) is 6.20 Å². The molecule has 0 saturated heterocycles. The summed E-state index contributed by atoms with van der Waals surface area (Å²) < 4.78 is 6.45. The zero-order valence-corrected chi connectivity index (χ0v) is 16.6. The lowest BCUT2D eigenvalue weighted by Crippen LogP contribution is -2.58. The fraction of sp³-hybridized carbons (Fsp3) is 0.235. The molecule has 3 rings (SSSR count). The van der Waals surface area contributed by atoms with E-state index in [1.165, 1.54) is 6.20 Å². The lowest BCUT2D eigenvalue weighted by atomic mass is 9.87. The molecule has 2 atom stereocenters. The maximum Gasteiger partial charge on any atom is 0.330 e. The number of hydrogen-bond acceptors (Lipinski definition) is 5. The van der Waals surface area contributed by atoms with Crippen molar-refractivity contribution in [2.75, 3.05) is 0 Å². The molecule has 1 aromatic carbocycles. The fourth-order valence-electron chi connectivity index (χ4n) is 2.71. The van der Waals surface area contributed by atoms with Crippen LogP contribution in [0.5, 0.6) is 5.75 Å². The van der Waals surface area contributed by atoms with Gasteiger partial charge in [0, 0.05) is 32.8 Å². The molecule has 9 heteroatoms. The molecule has 1 aliphatic heterocycles. The summed E-state index contributed by atoms with van der Waals surface area (Å²) in [5, 5.41) is 13.7. The van der Waals surface area contributed by atoms with E-state index in [2.05, 4.69) is 31.2 Å². The lowest BCUT2D eigenvalue weighted by Gasteiger charge is -2.27. The van der Waals surface area contributed by atoms with Gasteiger partial charge >= 0.3 is 5.97 Å². The highest BCUT2D eigenvalue weighted by Crippen LogP contribution is 2.29. The fourth-order valence-corrected chi connectivity index (χ4v) is 3.43. The SMILES string of the molecule is CC1=NC(Oc2cncc(Br)c2)NC1(Cc1cc(Cl)ccc1Cl)C(=O)O. The predicted octanol–water partition coefficient (Wildman–Crippen LogP) is 3.94. The van der Waals surface area contributed by atoms with Gasteiger partial charge < -0.3 is 9.84 Å². The molecule has 2 N–H and O–H groups in total. The van der Waals surface area contributed by atoms with E-state index in [0.29, 0.717) is 27.1 Å². The number of aromatic nitrogens is 1. The molecule has 6 nitrogen and oxygen atoms in total. The van der Waals surface area contributed by atoms with E-state index in [-0.39, 0.29) is 6.42 Å². The van der Waals surface area contributed by atoms with Crippen LogP contribution in [0.4, 0.5) is 0 Å². The number of benzene rings is 1. The van der Waals surface area contributed by atoms with Gasteiger partial charge in [-0.3, -0.25) is 4.98 Å². The van der Waals surface area contributed by atoms with Gasteiger partial charge in [-0.2, -0.15) is 0 Å². The van der Waals surface area contributed by atoms with Gasteiger partial charge in [0.25, 0.3) is 0 Å². The summed E-state index contributed by atoms with van der Waals surface area (Å²) in [5.74, 6) is -0.622. The number of aliphatic imine (C=N–C) groups is 1. The quantitative estimate of drug-likeness (QED) is 0.708. The Morgan fingerprint density at radius 1 is 1.38 bits per heavy atom. The zero-order chi connectivity index (χ0) is 18.9. The number of ether oxygens (including phenoxy) is 1. The number of halogens is 3. The van der Waals surface area contributed by atoms with E-state index >= 15 is 0 Å². The molecule has 26 heavy (non-hydrogen) atoms. The van der Waals surface area contributed by atoms with Crippen molar-refractivity contribution in [1.29, 1.82) is 0 Å². The Hall–Kier alpha value is -1.67. The zero-order valence-electron chi connectivity index (χ0n) is 13.5. The third kappa shape index (κ3) is 3.86. The summed E-state index contributed by atoms with van der Waals surface area (Å²) in [4.78, 5) is 20.4. The molecule has 0 amide bonds. The van der Waals surface area contributed by atoms with E-state index in [1.807, 2.05) is 0 Å². The van der Waals surface area contributed by atoms with Gasteiger partial charge in [0.1, 0.15) is 5.75 Å². The highest BCUT2D eigenvalue weighted by Gasteiger charge is 2.48. The minimum atomic E-state index is -1.45. The molecule has 0 aliphatic carbocycles. The van der Waals surface area contributed by atoms with Gasteiger partial charge in [-0.15, -0.1) is 0 Å². The van der Waals surface area contributed by atoms with E-state index < -0.39 is 17.9 Å². The topological polar surface area (TPSA) is 83.8 Å². The molecular formula is C17H14BrCl2N3O3. The van der Waals surface area contributed by atoms with Crippen LogP contribution in [-0.2, 0) is 11.2 Å². The van der Waals surface area contributed by atoms with Gasteiger partial charge in [-0.1, -0.05) is 23.2 Å². The number of nitrogens with one attached hydrogen (secondary N) is 1. The van der Waals surface area contributed by atoms with Crippen LogP contribution in [0.15, 0.2) is 46.1 Å². The molecule has 0 spiro atoms. The molecular weight excluding hydrogens is 445 g/mol. The van der Waals surface area contributed by atoms with E-state index in [0.717, 1.165) is 4.47 Å². The Kier molecular flexibility index (Phi) is 5.53. The number of carbonyl (C=O) groups is 1. The van der Waals surface area contributed by atoms with Crippen LogP contribution in [0.1, 0.15) is 12.5 Å². The second-order valence-corrected chi connectivity index (χ2v) is 7.55. The van der Waals surface area contributed by atoms with Crippen LogP contribution in [-0.4, -0.2) is 33.7 Å². The molecule has 0 bridgehead atoms. The maximum atomic E-state index is 12.1. The summed E-state index contributed by atoms with van der Waals surface area (Å²) in [6.45, 7) is 1.64. The van der Waals surface area contributed by atoms with Gasteiger partial charge in [0.2, 0.25) is 6.35 Å². The van der Waals surface area contributed by atoms with Crippen molar-refractivity contribution >= 4 is 50.8 Å². The highest BCUT2D eigenvalue weighted by atomic mass is 79.9. The van der Waals surface area contributed by atoms with Crippen LogP contribution in [0.3, 0.4) is 0 Å². The molecule has 2 unspecified atom stereocenters. The van der Waals surface area contributed by atoms with E-state index in [1.54, 1.807) is 37.4 Å². The van der Waals surface area contributed by atoms with Crippen molar-refractivity contribution in [2.24, 2.45) is 4.99 Å². The molecule has 1 aliphatic rings. The normalized spacial score (nSPS) is 22.2. The van der Waals surface area contributed by atoms with Gasteiger partial charge in [-0.05, 0) is 52.7 Å². The standard InChI is InChI=1S/C17H14BrCl2N3O3/c1-9-17(15(24)25,6-10-4-12(19)2-3-14(10)20)23-16(22-9)26-13-5-11(18)7-21-8-13/h2-5,7-8,16,23H,6H2,1H3,(H,24,25). The number of aliphatic carboxylic acids is 1. The first kappa shape index (κ1) is 19.1. The average Bonchev–Trinajstić information content (AvgIpc) is 2.87. The van der Waals surface area contributed by atoms with Crippen LogP contribution < -0.4 is 10.1 Å². The van der Waals surface area contributed by atoms with Crippen LogP contribution in [0.25, 0.3) is 0 Å². The third-order valence-corrected chi connectivity index (χ3v) is 5.09. The first-order valence-electron chi connectivity index (χ1n) is 7.57. The van der Waals surface area contributed by atoms with Crippen molar-refractivity contribution in [2.45, 2.75) is 25.2 Å². The monoisotopic (exact) mass is 457 g/mol. The summed E-state index contributed by atoms with van der Waals surface area (Å²) in [6.07, 6.45) is 2.35. The van der Waals surface area contributed by atoms with Crippen molar-refractivity contribution in [3.8, 4) is 5.75 Å². The lowest BCUT2D eigenvalue weighted by molar-refractivity contribution is -0.142. The summed E-state index contributed by atoms with van der Waals surface area (Å²) in [7, 11) is 0. The van der Waals surface area contributed by atoms with Crippen LogP contribution in [0.2, 0.25) is 10.0 Å². The average molecular weight is 459 g/mol. The first-order chi connectivity index (χ1) is 12.3. The third-order valence-electron chi connectivity index (χ3n) is 4.05. The number of hydrogen-bond donors (Lipinski definition) is 2. The number of carboxylic acids is 1. The molecule has 0 saturated carbocycles. The minimum absolute atomic E-state index is 0.0770. The second-order valence-electron chi connectivity index (χ2n) is 5.79. The second kappa shape index (κ2) is 7.52. The van der Waals surface area contributed by atoms with Crippen LogP contribution in [0, 0.1) is 0 Å². The Labute approximate surface area is 168 Å². The molecule has 0 radical (unpaired) electrons. The molecule has 136 valence electrons. The molecule has 1 aromatic heterocycles.